The molecular formula is C32H44N2O6. The lowest BCUT2D eigenvalue weighted by molar-refractivity contribution is -0.140. The van der Waals surface area contributed by atoms with Gasteiger partial charge in [0.15, 0.2) is 11.5 Å². The highest BCUT2D eigenvalue weighted by atomic mass is 16.5. The molecule has 1 unspecified atom stereocenters. The van der Waals surface area contributed by atoms with Crippen molar-refractivity contribution in [2.75, 3.05) is 47.5 Å². The molecule has 1 N–H and O–H groups in total. The van der Waals surface area contributed by atoms with Crippen molar-refractivity contribution in [3.63, 3.8) is 0 Å². The number of aliphatic hydroxyl groups excluding tert-OH is 1. The van der Waals surface area contributed by atoms with Crippen LogP contribution in [0.1, 0.15) is 68.7 Å². The molecule has 0 aromatic heterocycles. The van der Waals surface area contributed by atoms with Gasteiger partial charge in [-0.25, -0.2) is 0 Å². The smallest absolute Gasteiger partial charge is 0.295 e. The summed E-state index contributed by atoms with van der Waals surface area (Å²) in [4.78, 5) is 30.2. The van der Waals surface area contributed by atoms with E-state index in [1.165, 1.54) is 4.90 Å². The Morgan fingerprint density at radius 1 is 0.950 bits per heavy atom. The molecule has 1 heterocycles. The summed E-state index contributed by atoms with van der Waals surface area (Å²) in [6, 6.07) is 10.0. The number of aryl methyl sites for hydroxylation is 1. The summed E-state index contributed by atoms with van der Waals surface area (Å²) < 4.78 is 17.4. The number of ether oxygens (including phenoxy) is 3. The van der Waals surface area contributed by atoms with Crippen LogP contribution in [-0.4, -0.2) is 74.1 Å². The number of nitrogens with zero attached hydrogens (tertiary/aromatic N) is 2. The van der Waals surface area contributed by atoms with Crippen molar-refractivity contribution < 1.29 is 28.9 Å². The van der Waals surface area contributed by atoms with Crippen LogP contribution in [0.4, 0.5) is 0 Å². The minimum Gasteiger partial charge on any atom is -0.507 e. The van der Waals surface area contributed by atoms with Crippen molar-refractivity contribution >= 4 is 17.4 Å². The summed E-state index contributed by atoms with van der Waals surface area (Å²) in [5.41, 5.74) is 1.96. The Hall–Kier alpha value is -3.52. The average molecular weight is 553 g/mol. The van der Waals surface area contributed by atoms with Crippen LogP contribution < -0.4 is 14.2 Å². The predicted octanol–water partition coefficient (Wildman–Crippen LogP) is 5.73. The number of hydrogen-bond acceptors (Lipinski definition) is 7. The minimum atomic E-state index is -0.775. The van der Waals surface area contributed by atoms with Crippen molar-refractivity contribution in [2.45, 2.75) is 58.9 Å². The van der Waals surface area contributed by atoms with E-state index in [9.17, 15) is 14.7 Å². The number of likely N-dealkylation sites (tertiary alicyclic amines) is 1. The van der Waals surface area contributed by atoms with Crippen molar-refractivity contribution in [1.29, 1.82) is 0 Å². The first-order valence-electron chi connectivity index (χ1n) is 14.2. The summed E-state index contributed by atoms with van der Waals surface area (Å²) in [6.07, 6.45) is 5.09. The number of benzene rings is 2. The second kappa shape index (κ2) is 14.7. The van der Waals surface area contributed by atoms with Crippen LogP contribution in [0.5, 0.6) is 17.2 Å². The van der Waals surface area contributed by atoms with Gasteiger partial charge in [0.05, 0.1) is 31.9 Å². The number of methoxy groups -OCH3 is 1. The van der Waals surface area contributed by atoms with Gasteiger partial charge in [-0.05, 0) is 75.3 Å². The molecule has 1 aliphatic rings. The maximum atomic E-state index is 13.4. The summed E-state index contributed by atoms with van der Waals surface area (Å²) in [5, 5.41) is 11.5. The molecule has 0 radical (unpaired) electrons. The molecule has 0 spiro atoms. The lowest BCUT2D eigenvalue weighted by Crippen LogP contribution is -2.35. The fourth-order valence-corrected chi connectivity index (χ4v) is 4.74. The van der Waals surface area contributed by atoms with Gasteiger partial charge in [-0.2, -0.15) is 0 Å². The molecule has 1 aliphatic heterocycles. The number of unbranched alkanes of at least 4 members (excludes halogenated alkanes) is 3. The van der Waals surface area contributed by atoms with Crippen LogP contribution in [0.25, 0.3) is 5.76 Å². The number of Topliss-reactive ketones (excluding diaryl/α,β-unsaturated/α-hetero) is 1. The molecule has 8 heteroatoms. The maximum absolute atomic E-state index is 13.4. The van der Waals surface area contributed by atoms with Gasteiger partial charge < -0.3 is 29.1 Å². The molecule has 40 heavy (non-hydrogen) atoms. The van der Waals surface area contributed by atoms with Crippen LogP contribution in [0.3, 0.4) is 0 Å². The Morgan fingerprint density at radius 2 is 1.68 bits per heavy atom. The third-order valence-corrected chi connectivity index (χ3v) is 7.06. The van der Waals surface area contributed by atoms with E-state index in [0.29, 0.717) is 54.7 Å². The van der Waals surface area contributed by atoms with Gasteiger partial charge in [-0.3, -0.25) is 9.59 Å². The van der Waals surface area contributed by atoms with E-state index < -0.39 is 17.7 Å². The largest absolute Gasteiger partial charge is 0.507 e. The van der Waals surface area contributed by atoms with E-state index in [4.69, 9.17) is 14.2 Å². The van der Waals surface area contributed by atoms with E-state index in [0.717, 1.165) is 37.7 Å². The molecule has 8 nitrogen and oxygen atoms in total. The van der Waals surface area contributed by atoms with Crippen LogP contribution in [0.2, 0.25) is 0 Å². The Kier molecular flexibility index (Phi) is 11.4. The van der Waals surface area contributed by atoms with Crippen molar-refractivity contribution in [3.05, 3.63) is 58.7 Å². The molecule has 1 atom stereocenters. The lowest BCUT2D eigenvalue weighted by atomic mass is 9.93. The molecule has 0 bridgehead atoms. The van der Waals surface area contributed by atoms with E-state index in [2.05, 4.69) is 13.8 Å². The highest BCUT2D eigenvalue weighted by molar-refractivity contribution is 6.46. The predicted molar refractivity (Wildman–Crippen MR) is 157 cm³/mol. The molecule has 218 valence electrons. The van der Waals surface area contributed by atoms with E-state index in [-0.39, 0.29) is 11.3 Å². The zero-order valence-electron chi connectivity index (χ0n) is 24.8. The molecule has 1 fully saturated rings. The average Bonchev–Trinajstić information content (AvgIpc) is 3.19. The second-order valence-electron chi connectivity index (χ2n) is 10.4. The number of rotatable bonds is 15. The fourth-order valence-electron chi connectivity index (χ4n) is 4.74. The first-order valence-corrected chi connectivity index (χ1v) is 14.2. The molecule has 1 saturated heterocycles. The summed E-state index contributed by atoms with van der Waals surface area (Å²) in [6.45, 7) is 8.15. The first kappa shape index (κ1) is 31.0. The lowest BCUT2D eigenvalue weighted by Gasteiger charge is -2.27. The molecule has 3 rings (SSSR count). The van der Waals surface area contributed by atoms with E-state index in [1.807, 2.05) is 38.1 Å². The number of ketones is 1. The first-order chi connectivity index (χ1) is 19.2. The van der Waals surface area contributed by atoms with Crippen LogP contribution >= 0.6 is 0 Å². The van der Waals surface area contributed by atoms with Gasteiger partial charge in [-0.1, -0.05) is 39.2 Å². The van der Waals surface area contributed by atoms with E-state index in [1.54, 1.807) is 31.4 Å². The molecule has 2 aromatic carbocycles. The minimum absolute atomic E-state index is 0.0603. The SMILES string of the molecule is CCCCCOc1ccc(C2C(=C(O)c3ccc(OCCCC)cc3C)C(=O)C(=O)N2CCN(C)C)cc1OC. The molecule has 1 amide bonds. The molecule has 2 aromatic rings. The van der Waals surface area contributed by atoms with Crippen molar-refractivity contribution in [1.82, 2.24) is 9.80 Å². The molecular weight excluding hydrogens is 508 g/mol. The molecule has 0 aliphatic carbocycles. The highest BCUT2D eigenvalue weighted by Crippen LogP contribution is 2.42. The van der Waals surface area contributed by atoms with Gasteiger partial charge in [0.1, 0.15) is 11.5 Å². The summed E-state index contributed by atoms with van der Waals surface area (Å²) in [7, 11) is 5.38. The van der Waals surface area contributed by atoms with Gasteiger partial charge in [-0.15, -0.1) is 0 Å². The maximum Gasteiger partial charge on any atom is 0.295 e. The van der Waals surface area contributed by atoms with Crippen molar-refractivity contribution in [3.8, 4) is 17.2 Å². The Labute approximate surface area is 238 Å². The number of carbonyl (C=O) groups excluding carboxylic acids is 2. The Bertz CT molecular complexity index is 1210. The van der Waals surface area contributed by atoms with Gasteiger partial charge >= 0.3 is 0 Å². The van der Waals surface area contributed by atoms with Crippen LogP contribution in [0.15, 0.2) is 42.0 Å². The van der Waals surface area contributed by atoms with Crippen molar-refractivity contribution in [2.24, 2.45) is 0 Å². The number of likely N-dealkylation sites (N-methyl/N-ethyl adjacent to an activating group) is 1. The zero-order valence-corrected chi connectivity index (χ0v) is 24.8. The van der Waals surface area contributed by atoms with E-state index >= 15 is 0 Å². The number of aliphatic hydroxyl groups is 1. The van der Waals surface area contributed by atoms with Gasteiger partial charge in [0.2, 0.25) is 0 Å². The normalized spacial score (nSPS) is 16.6. The van der Waals surface area contributed by atoms with Crippen LogP contribution in [0, 0.1) is 6.92 Å². The summed E-state index contributed by atoms with van der Waals surface area (Å²) >= 11 is 0. The number of carbonyl (C=O) groups is 2. The van der Waals surface area contributed by atoms with Crippen LogP contribution in [-0.2, 0) is 9.59 Å². The topological polar surface area (TPSA) is 88.5 Å². The highest BCUT2D eigenvalue weighted by Gasteiger charge is 2.46. The standard InChI is InChI=1S/C32H44N2O6/c1-7-9-11-19-40-26-15-12-23(21-27(26)38-6)29-28(31(36)32(37)34(29)17-16-33(4)5)30(35)25-14-13-24(20-22(25)3)39-18-10-8-2/h12-15,20-21,29,35H,7-11,16-19H2,1-6H3. The van der Waals surface area contributed by atoms with Gasteiger partial charge in [0, 0.05) is 18.7 Å². The zero-order chi connectivity index (χ0) is 29.2. The third kappa shape index (κ3) is 7.36. The molecule has 0 saturated carbocycles. The number of amides is 1. The van der Waals surface area contributed by atoms with Gasteiger partial charge in [0.25, 0.3) is 11.7 Å². The quantitative estimate of drug-likeness (QED) is 0.131. The second-order valence-corrected chi connectivity index (χ2v) is 10.4. The summed E-state index contributed by atoms with van der Waals surface area (Å²) in [5.74, 6) is 0.267. The fraction of sp³-hybridized carbons (Fsp3) is 0.500. The third-order valence-electron chi connectivity index (χ3n) is 7.06. The Morgan fingerprint density at radius 3 is 2.33 bits per heavy atom. The number of hydrogen-bond donors (Lipinski definition) is 1. The Balaban J connectivity index is 2.05. The monoisotopic (exact) mass is 552 g/mol.